The zero-order valence-electron chi connectivity index (χ0n) is 16.8. The van der Waals surface area contributed by atoms with Gasteiger partial charge in [-0.3, -0.25) is 4.79 Å². The van der Waals surface area contributed by atoms with E-state index < -0.39 is 5.54 Å². The molecule has 0 aromatic carbocycles. The highest BCUT2D eigenvalue weighted by atomic mass is 16.3. The van der Waals surface area contributed by atoms with E-state index in [0.29, 0.717) is 19.0 Å². The molecule has 2 fully saturated rings. The van der Waals surface area contributed by atoms with Crippen LogP contribution in [0, 0.1) is 13.8 Å². The van der Waals surface area contributed by atoms with Crippen molar-refractivity contribution in [1.82, 2.24) is 19.8 Å². The van der Waals surface area contributed by atoms with E-state index in [1.54, 1.807) is 4.90 Å². The van der Waals surface area contributed by atoms with E-state index in [1.807, 2.05) is 13.8 Å². The van der Waals surface area contributed by atoms with Crippen molar-refractivity contribution in [2.24, 2.45) is 0 Å². The molecule has 0 unspecified atom stereocenters. The van der Waals surface area contributed by atoms with E-state index in [0.717, 1.165) is 43.0 Å². The van der Waals surface area contributed by atoms with Crippen molar-refractivity contribution < 1.29 is 15.0 Å². The highest BCUT2D eigenvalue weighted by molar-refractivity contribution is 5.92. The minimum Gasteiger partial charge on any atom is -0.394 e. The Labute approximate surface area is 160 Å². The number of aromatic nitrogens is 2. The largest absolute Gasteiger partial charge is 0.394 e. The molecule has 2 aliphatic rings. The Morgan fingerprint density at radius 3 is 2.52 bits per heavy atom. The Morgan fingerprint density at radius 2 is 1.93 bits per heavy atom. The molecular weight excluding hydrogens is 346 g/mol. The first-order valence-corrected chi connectivity index (χ1v) is 9.63. The molecule has 0 aliphatic carbocycles. The summed E-state index contributed by atoms with van der Waals surface area (Å²) < 4.78 is 0. The monoisotopic (exact) mass is 377 g/mol. The van der Waals surface area contributed by atoms with Crippen LogP contribution in [0.4, 0.5) is 5.82 Å². The molecule has 8 heteroatoms. The van der Waals surface area contributed by atoms with Crippen LogP contribution in [0.3, 0.4) is 0 Å². The summed E-state index contributed by atoms with van der Waals surface area (Å²) in [5.41, 5.74) is 0.862. The van der Waals surface area contributed by atoms with Gasteiger partial charge >= 0.3 is 0 Å². The summed E-state index contributed by atoms with van der Waals surface area (Å²) in [7, 11) is 4.16. The zero-order valence-corrected chi connectivity index (χ0v) is 16.8. The topological polar surface area (TPSA) is 93.0 Å². The molecule has 1 amide bonds. The van der Waals surface area contributed by atoms with Gasteiger partial charge in [-0.15, -0.1) is 0 Å². The number of carbonyl (C=O) groups is 1. The maximum atomic E-state index is 13.1. The van der Waals surface area contributed by atoms with Gasteiger partial charge in [0.2, 0.25) is 5.82 Å². The van der Waals surface area contributed by atoms with Crippen molar-refractivity contribution in [1.29, 1.82) is 0 Å². The van der Waals surface area contributed by atoms with Crippen LogP contribution in [0.25, 0.3) is 0 Å². The summed E-state index contributed by atoms with van der Waals surface area (Å²) in [6, 6.07) is 0.467. The molecule has 0 bridgehead atoms. The van der Waals surface area contributed by atoms with Gasteiger partial charge in [-0.05, 0) is 47.2 Å². The molecule has 2 saturated heterocycles. The first-order chi connectivity index (χ1) is 12.8. The molecule has 2 N–H and O–H groups in total. The lowest BCUT2D eigenvalue weighted by Gasteiger charge is -2.35. The van der Waals surface area contributed by atoms with E-state index in [1.165, 1.54) is 0 Å². The molecule has 3 rings (SSSR count). The van der Waals surface area contributed by atoms with Crippen LogP contribution in [-0.4, -0.2) is 94.4 Å². The normalized spacial score (nSPS) is 22.1. The fraction of sp³-hybridized carbons (Fsp3) is 0.737. The molecule has 2 aliphatic heterocycles. The maximum absolute atomic E-state index is 13.1. The molecule has 0 spiro atoms. The average Bonchev–Trinajstić information content (AvgIpc) is 3.30. The van der Waals surface area contributed by atoms with Crippen LogP contribution in [0.15, 0.2) is 0 Å². The van der Waals surface area contributed by atoms with Gasteiger partial charge in [0, 0.05) is 36.9 Å². The van der Waals surface area contributed by atoms with Gasteiger partial charge in [-0.2, -0.15) is 0 Å². The van der Waals surface area contributed by atoms with Crippen molar-refractivity contribution in [3.63, 3.8) is 0 Å². The average molecular weight is 377 g/mol. The van der Waals surface area contributed by atoms with Crippen LogP contribution in [0.1, 0.15) is 41.1 Å². The number of aliphatic hydroxyl groups excluding tert-OH is 2. The standard InChI is InChI=1S/C19H31N5O3/c1-13-14(2)20-16(18(27)24-8-5-7-19(24,11-25)12-26)21-17(13)23-9-6-15(10-23)22(3)4/h15,25-26H,5-12H2,1-4H3/t15-/m1/s1. The van der Waals surface area contributed by atoms with Crippen molar-refractivity contribution in [2.75, 3.05) is 51.8 Å². The molecule has 1 aromatic rings. The quantitative estimate of drug-likeness (QED) is 0.757. The summed E-state index contributed by atoms with van der Waals surface area (Å²) in [4.78, 5) is 28.2. The van der Waals surface area contributed by atoms with Crippen LogP contribution in [-0.2, 0) is 0 Å². The van der Waals surface area contributed by atoms with Gasteiger partial charge in [0.15, 0.2) is 0 Å². The molecule has 0 saturated carbocycles. The molecule has 1 atom stereocenters. The van der Waals surface area contributed by atoms with Gasteiger partial charge in [-0.25, -0.2) is 9.97 Å². The van der Waals surface area contributed by atoms with Gasteiger partial charge in [0.25, 0.3) is 5.91 Å². The Bertz CT molecular complexity index is 705. The summed E-state index contributed by atoms with van der Waals surface area (Å²) in [5.74, 6) is 0.644. The lowest BCUT2D eigenvalue weighted by molar-refractivity contribution is 0.0140. The number of likely N-dealkylation sites (N-methyl/N-ethyl adjacent to an activating group) is 1. The first kappa shape index (κ1) is 20.0. The smallest absolute Gasteiger partial charge is 0.292 e. The lowest BCUT2D eigenvalue weighted by atomic mass is 9.98. The third kappa shape index (κ3) is 3.53. The fourth-order valence-electron chi connectivity index (χ4n) is 4.13. The number of amides is 1. The van der Waals surface area contributed by atoms with Crippen molar-refractivity contribution >= 4 is 11.7 Å². The third-order valence-electron chi connectivity index (χ3n) is 6.18. The second-order valence-electron chi connectivity index (χ2n) is 8.03. The van der Waals surface area contributed by atoms with Gasteiger partial charge in [0.1, 0.15) is 5.82 Å². The lowest BCUT2D eigenvalue weighted by Crippen LogP contribution is -2.53. The first-order valence-electron chi connectivity index (χ1n) is 9.63. The van der Waals surface area contributed by atoms with Crippen LogP contribution >= 0.6 is 0 Å². The number of rotatable bonds is 5. The van der Waals surface area contributed by atoms with E-state index in [2.05, 4.69) is 33.9 Å². The number of aliphatic hydroxyl groups is 2. The van der Waals surface area contributed by atoms with Crippen LogP contribution < -0.4 is 4.90 Å². The molecule has 1 aromatic heterocycles. The highest BCUT2D eigenvalue weighted by Gasteiger charge is 2.44. The third-order valence-corrected chi connectivity index (χ3v) is 6.18. The van der Waals surface area contributed by atoms with E-state index in [-0.39, 0.29) is 24.9 Å². The fourth-order valence-corrected chi connectivity index (χ4v) is 4.13. The Morgan fingerprint density at radius 1 is 1.22 bits per heavy atom. The molecule has 0 radical (unpaired) electrons. The SMILES string of the molecule is Cc1nc(C(=O)N2CCCC2(CO)CO)nc(N2CC[C@@H](N(C)C)C2)c1C. The number of aryl methyl sites for hydroxylation is 1. The van der Waals surface area contributed by atoms with Crippen LogP contribution in [0.2, 0.25) is 0 Å². The Hall–Kier alpha value is -1.77. The maximum Gasteiger partial charge on any atom is 0.292 e. The number of nitrogens with zero attached hydrogens (tertiary/aromatic N) is 5. The predicted molar refractivity (Wildman–Crippen MR) is 103 cm³/mol. The Kier molecular flexibility index (Phi) is 5.69. The van der Waals surface area contributed by atoms with Gasteiger partial charge in [0.05, 0.1) is 18.8 Å². The number of hydrogen-bond donors (Lipinski definition) is 2. The number of carbonyl (C=O) groups excluding carboxylic acids is 1. The number of anilines is 1. The second kappa shape index (κ2) is 7.69. The Balaban J connectivity index is 1.91. The van der Waals surface area contributed by atoms with Gasteiger partial charge in [-0.1, -0.05) is 0 Å². The predicted octanol–water partition coefficient (Wildman–Crippen LogP) is 0.193. The number of hydrogen-bond acceptors (Lipinski definition) is 7. The molecule has 150 valence electrons. The molecule has 3 heterocycles. The van der Waals surface area contributed by atoms with Crippen molar-refractivity contribution in [3.05, 3.63) is 17.1 Å². The van der Waals surface area contributed by atoms with E-state index >= 15 is 0 Å². The summed E-state index contributed by atoms with van der Waals surface area (Å²) in [5, 5.41) is 19.6. The molecule has 8 nitrogen and oxygen atoms in total. The van der Waals surface area contributed by atoms with E-state index in [9.17, 15) is 15.0 Å². The van der Waals surface area contributed by atoms with E-state index in [4.69, 9.17) is 0 Å². The number of likely N-dealkylation sites (tertiary alicyclic amines) is 1. The van der Waals surface area contributed by atoms with Crippen molar-refractivity contribution in [2.45, 2.75) is 44.7 Å². The van der Waals surface area contributed by atoms with Gasteiger partial charge < -0.3 is 24.9 Å². The molecular formula is C19H31N5O3. The summed E-state index contributed by atoms with van der Waals surface area (Å²) in [6.07, 6.45) is 2.39. The minimum atomic E-state index is -0.914. The second-order valence-corrected chi connectivity index (χ2v) is 8.03. The minimum absolute atomic E-state index is 0.148. The highest BCUT2D eigenvalue weighted by Crippen LogP contribution is 2.31. The van der Waals surface area contributed by atoms with Crippen molar-refractivity contribution in [3.8, 4) is 0 Å². The molecule has 27 heavy (non-hydrogen) atoms. The summed E-state index contributed by atoms with van der Waals surface area (Å²) >= 11 is 0. The zero-order chi connectivity index (χ0) is 19.8. The van der Waals surface area contributed by atoms with Crippen LogP contribution in [0.5, 0.6) is 0 Å². The summed E-state index contributed by atoms with van der Waals surface area (Å²) in [6.45, 7) is 5.63.